The topological polar surface area (TPSA) is 87.6 Å². The predicted octanol–water partition coefficient (Wildman–Crippen LogP) is 1.51. The minimum absolute atomic E-state index is 0.0543. The Labute approximate surface area is 135 Å². The van der Waals surface area contributed by atoms with Crippen LogP contribution in [0.1, 0.15) is 37.9 Å². The number of aromatic nitrogens is 1. The summed E-state index contributed by atoms with van der Waals surface area (Å²) in [6.45, 7) is 6.84. The third kappa shape index (κ3) is 3.85. The third-order valence-corrected chi connectivity index (χ3v) is 6.30. The first-order chi connectivity index (χ1) is 9.98. The fraction of sp³-hybridized carbons (Fsp3) is 0.714. The molecule has 0 radical (unpaired) electrons. The van der Waals surface area contributed by atoms with Crippen LogP contribution in [0.3, 0.4) is 0 Å². The molecule has 8 heteroatoms. The number of rotatable bonds is 4. The highest BCUT2D eigenvalue weighted by molar-refractivity contribution is 7.91. The average molecular weight is 346 g/mol. The number of hydrogen-bond donors (Lipinski definition) is 1. The second-order valence-corrected chi connectivity index (χ2v) is 10.1. The van der Waals surface area contributed by atoms with E-state index in [1.807, 2.05) is 5.38 Å². The minimum atomic E-state index is -3.23. The SMILES string of the molecule is CC(C)(C)c1csc(CN2C[C@H](S(C)(=O)=O)C[C@H]2C(=O)O)n1. The lowest BCUT2D eigenvalue weighted by molar-refractivity contribution is -0.142. The lowest BCUT2D eigenvalue weighted by Gasteiger charge is -2.19. The van der Waals surface area contributed by atoms with Crippen LogP contribution in [0.4, 0.5) is 0 Å². The highest BCUT2D eigenvalue weighted by atomic mass is 32.2. The maximum atomic E-state index is 11.7. The molecule has 0 bridgehead atoms. The zero-order valence-corrected chi connectivity index (χ0v) is 14.9. The van der Waals surface area contributed by atoms with Crippen molar-refractivity contribution in [2.24, 2.45) is 0 Å². The molecule has 1 aromatic heterocycles. The van der Waals surface area contributed by atoms with E-state index in [-0.39, 0.29) is 18.4 Å². The van der Waals surface area contributed by atoms with Crippen LogP contribution >= 0.6 is 11.3 Å². The van der Waals surface area contributed by atoms with Crippen molar-refractivity contribution in [3.63, 3.8) is 0 Å². The van der Waals surface area contributed by atoms with E-state index in [4.69, 9.17) is 0 Å². The van der Waals surface area contributed by atoms with Gasteiger partial charge in [-0.25, -0.2) is 13.4 Å². The number of thiazole rings is 1. The molecule has 0 aliphatic carbocycles. The normalized spacial score (nSPS) is 23.8. The first-order valence-electron chi connectivity index (χ1n) is 7.09. The van der Waals surface area contributed by atoms with Crippen molar-refractivity contribution in [1.82, 2.24) is 9.88 Å². The van der Waals surface area contributed by atoms with Crippen LogP contribution in [-0.4, -0.2) is 53.5 Å². The third-order valence-electron chi connectivity index (χ3n) is 3.91. The number of likely N-dealkylation sites (tertiary alicyclic amines) is 1. The summed E-state index contributed by atoms with van der Waals surface area (Å²) in [6.07, 6.45) is 1.31. The van der Waals surface area contributed by atoms with E-state index >= 15 is 0 Å². The van der Waals surface area contributed by atoms with Gasteiger partial charge < -0.3 is 5.11 Å². The van der Waals surface area contributed by atoms with Gasteiger partial charge in [-0.15, -0.1) is 11.3 Å². The van der Waals surface area contributed by atoms with Gasteiger partial charge in [0.2, 0.25) is 0 Å². The molecule has 1 N–H and O–H groups in total. The molecule has 6 nitrogen and oxygen atoms in total. The molecule has 1 aliphatic heterocycles. The van der Waals surface area contributed by atoms with Crippen LogP contribution < -0.4 is 0 Å². The number of aliphatic carboxylic acids is 1. The van der Waals surface area contributed by atoms with Gasteiger partial charge in [-0.2, -0.15) is 0 Å². The van der Waals surface area contributed by atoms with Crippen molar-refractivity contribution < 1.29 is 18.3 Å². The van der Waals surface area contributed by atoms with E-state index < -0.39 is 27.1 Å². The van der Waals surface area contributed by atoms with Gasteiger partial charge in [0.1, 0.15) is 11.0 Å². The fourth-order valence-corrected chi connectivity index (χ4v) is 4.54. The van der Waals surface area contributed by atoms with E-state index in [1.54, 1.807) is 4.90 Å². The first-order valence-corrected chi connectivity index (χ1v) is 9.92. The number of carboxylic acid groups (broad SMARTS) is 1. The molecule has 1 aliphatic rings. The van der Waals surface area contributed by atoms with E-state index in [1.165, 1.54) is 17.6 Å². The molecule has 1 fully saturated rings. The zero-order valence-electron chi connectivity index (χ0n) is 13.2. The lowest BCUT2D eigenvalue weighted by atomic mass is 9.93. The Hall–Kier alpha value is -0.990. The summed E-state index contributed by atoms with van der Waals surface area (Å²) in [5.41, 5.74) is 0.916. The van der Waals surface area contributed by atoms with Gasteiger partial charge in [0.25, 0.3) is 0 Å². The summed E-state index contributed by atoms with van der Waals surface area (Å²) >= 11 is 1.49. The van der Waals surface area contributed by atoms with Crippen LogP contribution in [-0.2, 0) is 26.6 Å². The van der Waals surface area contributed by atoms with Gasteiger partial charge in [0.05, 0.1) is 17.5 Å². The lowest BCUT2D eigenvalue weighted by Crippen LogP contribution is -2.35. The van der Waals surface area contributed by atoms with Crippen LogP contribution in [0, 0.1) is 0 Å². The van der Waals surface area contributed by atoms with Crippen LogP contribution in [0.25, 0.3) is 0 Å². The van der Waals surface area contributed by atoms with Crippen molar-refractivity contribution in [2.75, 3.05) is 12.8 Å². The van der Waals surface area contributed by atoms with Crippen molar-refractivity contribution in [3.8, 4) is 0 Å². The molecule has 1 saturated heterocycles. The van der Waals surface area contributed by atoms with Gasteiger partial charge in [-0.1, -0.05) is 20.8 Å². The highest BCUT2D eigenvalue weighted by Gasteiger charge is 2.41. The summed E-state index contributed by atoms with van der Waals surface area (Å²) < 4.78 is 23.4. The Balaban J connectivity index is 2.16. The number of carbonyl (C=O) groups is 1. The maximum absolute atomic E-state index is 11.7. The fourth-order valence-electron chi connectivity index (χ4n) is 2.51. The van der Waals surface area contributed by atoms with Gasteiger partial charge in [-0.3, -0.25) is 9.69 Å². The molecule has 22 heavy (non-hydrogen) atoms. The minimum Gasteiger partial charge on any atom is -0.480 e. The van der Waals surface area contributed by atoms with E-state index in [9.17, 15) is 18.3 Å². The van der Waals surface area contributed by atoms with Gasteiger partial charge in [-0.05, 0) is 6.42 Å². The van der Waals surface area contributed by atoms with Gasteiger partial charge in [0.15, 0.2) is 9.84 Å². The van der Waals surface area contributed by atoms with Crippen molar-refractivity contribution in [3.05, 3.63) is 16.1 Å². The number of sulfone groups is 1. The number of hydrogen-bond acceptors (Lipinski definition) is 6. The molecule has 124 valence electrons. The Morgan fingerprint density at radius 1 is 1.50 bits per heavy atom. The Bertz CT molecular complexity index is 661. The Morgan fingerprint density at radius 2 is 2.14 bits per heavy atom. The Morgan fingerprint density at radius 3 is 2.59 bits per heavy atom. The molecule has 0 aromatic carbocycles. The zero-order chi connectivity index (χ0) is 16.7. The molecule has 1 aromatic rings. The summed E-state index contributed by atoms with van der Waals surface area (Å²) in [5, 5.41) is 11.5. The average Bonchev–Trinajstić information content (AvgIpc) is 2.94. The number of nitrogens with zero attached hydrogens (tertiary/aromatic N) is 2. The molecule has 2 heterocycles. The Kier molecular flexibility index (Phi) is 4.66. The predicted molar refractivity (Wildman–Crippen MR) is 85.9 cm³/mol. The summed E-state index contributed by atoms with van der Waals surface area (Å²) in [7, 11) is -3.23. The standard InChI is InChI=1S/C14H22N2O4S2/c1-14(2,3)11-8-21-12(15-11)7-16-6-9(22(4,19)20)5-10(16)13(17)18/h8-10H,5-7H2,1-4H3,(H,17,18)/t9-,10+/m1/s1. The van der Waals surface area contributed by atoms with Crippen LogP contribution in [0.5, 0.6) is 0 Å². The van der Waals surface area contributed by atoms with E-state index in [0.717, 1.165) is 10.7 Å². The van der Waals surface area contributed by atoms with Crippen molar-refractivity contribution in [2.45, 2.75) is 50.4 Å². The van der Waals surface area contributed by atoms with E-state index in [0.29, 0.717) is 6.54 Å². The molecule has 2 rings (SSSR count). The quantitative estimate of drug-likeness (QED) is 0.889. The van der Waals surface area contributed by atoms with E-state index in [2.05, 4.69) is 25.8 Å². The molecule has 0 saturated carbocycles. The molecule has 0 amide bonds. The molecular formula is C14H22N2O4S2. The smallest absolute Gasteiger partial charge is 0.320 e. The largest absolute Gasteiger partial charge is 0.480 e. The second kappa shape index (κ2) is 5.90. The molecule has 2 atom stereocenters. The van der Waals surface area contributed by atoms with Crippen LogP contribution in [0.2, 0.25) is 0 Å². The maximum Gasteiger partial charge on any atom is 0.320 e. The van der Waals surface area contributed by atoms with Crippen molar-refractivity contribution in [1.29, 1.82) is 0 Å². The monoisotopic (exact) mass is 346 g/mol. The molecule has 0 spiro atoms. The van der Waals surface area contributed by atoms with Crippen molar-refractivity contribution >= 4 is 27.1 Å². The van der Waals surface area contributed by atoms with Crippen LogP contribution in [0.15, 0.2) is 5.38 Å². The highest BCUT2D eigenvalue weighted by Crippen LogP contribution is 2.28. The summed E-state index contributed by atoms with van der Waals surface area (Å²) in [4.78, 5) is 17.7. The summed E-state index contributed by atoms with van der Waals surface area (Å²) in [6, 6.07) is -0.762. The first kappa shape index (κ1) is 17.4. The molecular weight excluding hydrogens is 324 g/mol. The van der Waals surface area contributed by atoms with Gasteiger partial charge in [0, 0.05) is 23.6 Å². The van der Waals surface area contributed by atoms with Gasteiger partial charge >= 0.3 is 5.97 Å². The summed E-state index contributed by atoms with van der Waals surface area (Å²) in [5.74, 6) is -0.973. The number of carboxylic acids is 1. The molecule has 0 unspecified atom stereocenters. The second-order valence-electron chi connectivity index (χ2n) is 6.85.